The van der Waals surface area contributed by atoms with Gasteiger partial charge in [0, 0.05) is 61.6 Å². The normalized spacial score (nSPS) is 20.7. The lowest BCUT2D eigenvalue weighted by molar-refractivity contribution is -0.140. The summed E-state index contributed by atoms with van der Waals surface area (Å²) in [5.41, 5.74) is 2.92. The molecule has 1 aliphatic heterocycles. The summed E-state index contributed by atoms with van der Waals surface area (Å²) in [5.74, 6) is -0.0716. The Hall–Kier alpha value is -3.16. The molecule has 2 heterocycles. The highest BCUT2D eigenvalue weighted by atomic mass is 16.5. The van der Waals surface area contributed by atoms with Crippen LogP contribution in [0, 0.1) is 5.92 Å². The predicted molar refractivity (Wildman–Crippen MR) is 141 cm³/mol. The average Bonchev–Trinajstić information content (AvgIpc) is 3.66. The molecule has 2 aliphatic rings. The molecular formula is C29H36N4O3. The number of carbonyl (C=O) groups excluding carboxylic acids is 2. The molecular weight excluding hydrogens is 452 g/mol. The maximum Gasteiger partial charge on any atom is 0.251 e. The van der Waals surface area contributed by atoms with E-state index in [9.17, 15) is 9.59 Å². The second kappa shape index (κ2) is 11.3. The van der Waals surface area contributed by atoms with Crippen molar-refractivity contribution in [2.75, 3.05) is 26.8 Å². The van der Waals surface area contributed by atoms with Crippen LogP contribution in [0.4, 0.5) is 0 Å². The van der Waals surface area contributed by atoms with Crippen LogP contribution in [0.2, 0.25) is 0 Å². The standard InChI is InChI=1S/C29H36N4O3/c1-36-15-7-12-27(25-19-31-26-11-6-5-10-24(25)26)33(23-13-14-23)29(35)21-16-22(18-30-17-21)32-28(34)20-8-3-2-4-9-20/h2-6,8-11,19,21-23,27,30-31H,7,12-18H2,1H3,(H,32,34)/t21-,22+,27?/m0/s1. The number of carbonyl (C=O) groups is 2. The van der Waals surface area contributed by atoms with Gasteiger partial charge in [0.2, 0.25) is 5.91 Å². The Bertz CT molecular complexity index is 1170. The molecule has 1 unspecified atom stereocenters. The van der Waals surface area contributed by atoms with Crippen LogP contribution >= 0.6 is 0 Å². The van der Waals surface area contributed by atoms with Gasteiger partial charge in [0.25, 0.3) is 5.91 Å². The molecule has 2 aromatic carbocycles. The number of nitrogens with zero attached hydrogens (tertiary/aromatic N) is 1. The summed E-state index contributed by atoms with van der Waals surface area (Å²) >= 11 is 0. The van der Waals surface area contributed by atoms with Crippen LogP contribution in [0.3, 0.4) is 0 Å². The molecule has 7 nitrogen and oxygen atoms in total. The molecule has 0 spiro atoms. The smallest absolute Gasteiger partial charge is 0.251 e. The Morgan fingerprint density at radius 1 is 1.08 bits per heavy atom. The van der Waals surface area contributed by atoms with Crippen molar-refractivity contribution < 1.29 is 14.3 Å². The van der Waals surface area contributed by atoms with E-state index in [1.807, 2.05) is 36.4 Å². The number of aromatic nitrogens is 1. The van der Waals surface area contributed by atoms with Gasteiger partial charge in [0.15, 0.2) is 0 Å². The first-order chi connectivity index (χ1) is 17.7. The zero-order chi connectivity index (χ0) is 24.9. The number of hydrogen-bond donors (Lipinski definition) is 3. The highest BCUT2D eigenvalue weighted by Crippen LogP contribution is 2.40. The van der Waals surface area contributed by atoms with Gasteiger partial charge < -0.3 is 25.3 Å². The van der Waals surface area contributed by atoms with Gasteiger partial charge in [-0.05, 0) is 55.9 Å². The van der Waals surface area contributed by atoms with Crippen molar-refractivity contribution in [3.05, 3.63) is 71.9 Å². The number of H-pyrrole nitrogens is 1. The van der Waals surface area contributed by atoms with Crippen LogP contribution in [-0.2, 0) is 9.53 Å². The predicted octanol–water partition coefficient (Wildman–Crippen LogP) is 4.03. The molecule has 2 amide bonds. The summed E-state index contributed by atoms with van der Waals surface area (Å²) in [6.45, 7) is 1.98. The Labute approximate surface area is 212 Å². The molecule has 3 atom stereocenters. The third kappa shape index (κ3) is 5.47. The molecule has 7 heteroatoms. The van der Waals surface area contributed by atoms with Crippen molar-refractivity contribution in [2.24, 2.45) is 5.92 Å². The molecule has 36 heavy (non-hydrogen) atoms. The Balaban J connectivity index is 1.35. The lowest BCUT2D eigenvalue weighted by Gasteiger charge is -2.38. The Morgan fingerprint density at radius 3 is 2.64 bits per heavy atom. The highest BCUT2D eigenvalue weighted by Gasteiger charge is 2.42. The third-order valence-electron chi connectivity index (χ3n) is 7.41. The number of para-hydroxylation sites is 1. The maximum atomic E-state index is 14.1. The maximum absolute atomic E-state index is 14.1. The Morgan fingerprint density at radius 2 is 1.86 bits per heavy atom. The van der Waals surface area contributed by atoms with Crippen molar-refractivity contribution >= 4 is 22.7 Å². The second-order valence-electron chi connectivity index (χ2n) is 10.0. The lowest BCUT2D eigenvalue weighted by Crippen LogP contribution is -2.53. The molecule has 1 saturated carbocycles. The summed E-state index contributed by atoms with van der Waals surface area (Å²) in [7, 11) is 1.72. The molecule has 1 saturated heterocycles. The van der Waals surface area contributed by atoms with Gasteiger partial charge in [-0.15, -0.1) is 0 Å². The lowest BCUT2D eigenvalue weighted by atomic mass is 9.91. The summed E-state index contributed by atoms with van der Waals surface area (Å²) in [6, 6.07) is 17.8. The number of amides is 2. The molecule has 0 bridgehead atoms. The van der Waals surface area contributed by atoms with Crippen molar-refractivity contribution in [2.45, 2.75) is 50.2 Å². The number of aromatic amines is 1. The van der Waals surface area contributed by atoms with E-state index in [-0.39, 0.29) is 35.9 Å². The van der Waals surface area contributed by atoms with Gasteiger partial charge >= 0.3 is 0 Å². The fourth-order valence-electron chi connectivity index (χ4n) is 5.48. The van der Waals surface area contributed by atoms with E-state index in [0.717, 1.165) is 31.2 Å². The summed E-state index contributed by atoms with van der Waals surface area (Å²) < 4.78 is 5.36. The van der Waals surface area contributed by atoms with E-state index < -0.39 is 0 Å². The number of methoxy groups -OCH3 is 1. The fourth-order valence-corrected chi connectivity index (χ4v) is 5.48. The zero-order valence-corrected chi connectivity index (χ0v) is 20.9. The largest absolute Gasteiger partial charge is 0.385 e. The first-order valence-corrected chi connectivity index (χ1v) is 13.1. The van der Waals surface area contributed by atoms with Crippen molar-refractivity contribution in [3.8, 4) is 0 Å². The van der Waals surface area contributed by atoms with Gasteiger partial charge in [-0.3, -0.25) is 9.59 Å². The first-order valence-electron chi connectivity index (χ1n) is 13.1. The molecule has 5 rings (SSSR count). The van der Waals surface area contributed by atoms with E-state index in [4.69, 9.17) is 4.74 Å². The van der Waals surface area contributed by atoms with Gasteiger partial charge in [0.05, 0.1) is 12.0 Å². The van der Waals surface area contributed by atoms with Crippen molar-refractivity contribution in [3.63, 3.8) is 0 Å². The van der Waals surface area contributed by atoms with Crippen LogP contribution < -0.4 is 10.6 Å². The number of rotatable bonds is 10. The van der Waals surface area contributed by atoms with Crippen LogP contribution in [0.15, 0.2) is 60.8 Å². The van der Waals surface area contributed by atoms with Crippen LogP contribution in [0.5, 0.6) is 0 Å². The van der Waals surface area contributed by atoms with Crippen LogP contribution in [0.25, 0.3) is 10.9 Å². The Kier molecular flexibility index (Phi) is 7.68. The zero-order valence-electron chi connectivity index (χ0n) is 20.9. The van der Waals surface area contributed by atoms with Gasteiger partial charge in [-0.2, -0.15) is 0 Å². The number of fused-ring (bicyclic) bond motifs is 1. The van der Waals surface area contributed by atoms with Crippen LogP contribution in [-0.4, -0.2) is 60.6 Å². The second-order valence-corrected chi connectivity index (χ2v) is 10.0. The molecule has 2 fully saturated rings. The van der Waals surface area contributed by atoms with E-state index in [2.05, 4.69) is 44.9 Å². The topological polar surface area (TPSA) is 86.5 Å². The molecule has 3 aromatic rings. The van der Waals surface area contributed by atoms with Crippen molar-refractivity contribution in [1.29, 1.82) is 0 Å². The summed E-state index contributed by atoms with van der Waals surface area (Å²) in [5, 5.41) is 7.71. The molecule has 0 radical (unpaired) electrons. The third-order valence-corrected chi connectivity index (χ3v) is 7.41. The molecule has 1 aliphatic carbocycles. The quantitative estimate of drug-likeness (QED) is 0.376. The van der Waals surface area contributed by atoms with E-state index in [1.54, 1.807) is 7.11 Å². The van der Waals surface area contributed by atoms with E-state index >= 15 is 0 Å². The number of benzene rings is 2. The minimum atomic E-state index is -0.171. The molecule has 1 aromatic heterocycles. The number of ether oxygens (including phenoxy) is 1. The minimum absolute atomic E-state index is 0.00409. The highest BCUT2D eigenvalue weighted by molar-refractivity contribution is 5.94. The fraction of sp³-hybridized carbons (Fsp3) is 0.448. The van der Waals surface area contributed by atoms with E-state index in [1.165, 1.54) is 10.9 Å². The van der Waals surface area contributed by atoms with Crippen molar-refractivity contribution in [1.82, 2.24) is 20.5 Å². The average molecular weight is 489 g/mol. The number of piperidine rings is 1. The van der Waals surface area contributed by atoms with Crippen LogP contribution in [0.1, 0.15) is 54.1 Å². The summed E-state index contributed by atoms with van der Waals surface area (Å²) in [6.07, 6.45) is 6.55. The van der Waals surface area contributed by atoms with Gasteiger partial charge in [-0.1, -0.05) is 36.4 Å². The minimum Gasteiger partial charge on any atom is -0.385 e. The SMILES string of the molecule is COCCCC(c1c[nH]c2ccccc12)N(C(=O)[C@@H]1CNC[C@H](NC(=O)c2ccccc2)C1)C1CC1. The van der Waals surface area contributed by atoms with Gasteiger partial charge in [-0.25, -0.2) is 0 Å². The number of hydrogen-bond acceptors (Lipinski definition) is 4. The number of nitrogens with one attached hydrogen (secondary N) is 3. The molecule has 190 valence electrons. The van der Waals surface area contributed by atoms with E-state index in [0.29, 0.717) is 31.7 Å². The summed E-state index contributed by atoms with van der Waals surface area (Å²) in [4.78, 5) is 32.4. The first kappa shape index (κ1) is 24.5. The van der Waals surface area contributed by atoms with Gasteiger partial charge in [0.1, 0.15) is 0 Å². The molecule has 3 N–H and O–H groups in total. The monoisotopic (exact) mass is 488 g/mol.